The van der Waals surface area contributed by atoms with Gasteiger partial charge in [-0.15, -0.1) is 0 Å². The molecule has 0 aliphatic heterocycles. The van der Waals surface area contributed by atoms with E-state index in [1.807, 2.05) is 36.4 Å². The summed E-state index contributed by atoms with van der Waals surface area (Å²) in [5.74, 6) is -0.926. The number of hydrogen-bond donors (Lipinski definition) is 2. The Hall–Kier alpha value is -4.27. The quantitative estimate of drug-likeness (QED) is 0.533. The Morgan fingerprint density at radius 1 is 0.931 bits per heavy atom. The predicted octanol–water partition coefficient (Wildman–Crippen LogP) is 1.32. The van der Waals surface area contributed by atoms with Crippen molar-refractivity contribution < 1.29 is 9.59 Å². The molecule has 144 valence electrons. The number of amides is 2. The second-order valence-corrected chi connectivity index (χ2v) is 6.32. The molecule has 0 spiro atoms. The lowest BCUT2D eigenvalue weighted by Gasteiger charge is -2.08. The van der Waals surface area contributed by atoms with Crippen molar-refractivity contribution in [2.45, 2.75) is 6.54 Å². The van der Waals surface area contributed by atoms with Gasteiger partial charge in [0.15, 0.2) is 0 Å². The van der Waals surface area contributed by atoms with Crippen molar-refractivity contribution in [2.24, 2.45) is 5.73 Å². The van der Waals surface area contributed by atoms with E-state index in [4.69, 9.17) is 5.73 Å². The molecule has 0 fully saturated rings. The lowest BCUT2D eigenvalue weighted by molar-refractivity contribution is -0.118. The van der Waals surface area contributed by atoms with Gasteiger partial charge in [0.05, 0.1) is 5.69 Å². The summed E-state index contributed by atoms with van der Waals surface area (Å²) in [7, 11) is 0. The standard InChI is InChI=1S/C20H16N6O3/c21-18(27)12-25-20(29)26(24-23-25)15-10-8-14(9-11-15)22-19(28)17-7-3-5-13-4-1-2-6-16(13)17/h1-11H,12H2,(H2,21,27)(H,22,28). The topological polar surface area (TPSA) is 125 Å². The second kappa shape index (κ2) is 7.39. The summed E-state index contributed by atoms with van der Waals surface area (Å²) < 4.78 is 1.91. The Morgan fingerprint density at radius 2 is 1.66 bits per heavy atom. The fraction of sp³-hybridized carbons (Fsp3) is 0.0500. The maximum absolute atomic E-state index is 12.7. The van der Waals surface area contributed by atoms with E-state index in [-0.39, 0.29) is 12.5 Å². The zero-order valence-corrected chi connectivity index (χ0v) is 15.1. The van der Waals surface area contributed by atoms with E-state index in [0.29, 0.717) is 16.9 Å². The molecule has 4 aromatic rings. The molecule has 9 heteroatoms. The highest BCUT2D eigenvalue weighted by atomic mass is 16.2. The number of tetrazole rings is 1. The zero-order valence-electron chi connectivity index (χ0n) is 15.1. The highest BCUT2D eigenvalue weighted by molar-refractivity contribution is 6.12. The lowest BCUT2D eigenvalue weighted by Crippen LogP contribution is -2.30. The SMILES string of the molecule is NC(=O)Cn1nnn(-c2ccc(NC(=O)c3cccc4ccccc34)cc2)c1=O. The number of carbonyl (C=O) groups is 2. The van der Waals surface area contributed by atoms with E-state index in [2.05, 4.69) is 15.7 Å². The molecule has 0 unspecified atom stereocenters. The highest BCUT2D eigenvalue weighted by Gasteiger charge is 2.12. The summed E-state index contributed by atoms with van der Waals surface area (Å²) in [6.07, 6.45) is 0. The second-order valence-electron chi connectivity index (χ2n) is 6.32. The predicted molar refractivity (Wildman–Crippen MR) is 107 cm³/mol. The number of nitrogens with two attached hydrogens (primary N) is 1. The number of fused-ring (bicyclic) bond motifs is 1. The molecule has 29 heavy (non-hydrogen) atoms. The smallest absolute Gasteiger partial charge is 0.368 e. The molecule has 1 aromatic heterocycles. The molecule has 0 bridgehead atoms. The van der Waals surface area contributed by atoms with Crippen LogP contribution in [0.25, 0.3) is 16.5 Å². The molecule has 1 heterocycles. The van der Waals surface area contributed by atoms with E-state index in [1.54, 1.807) is 30.3 Å². The Labute approximate surface area is 164 Å². The van der Waals surface area contributed by atoms with E-state index in [0.717, 1.165) is 20.1 Å². The molecule has 0 aliphatic rings. The van der Waals surface area contributed by atoms with Crippen molar-refractivity contribution in [3.63, 3.8) is 0 Å². The average molecular weight is 388 g/mol. The molecule has 0 atom stereocenters. The normalized spacial score (nSPS) is 10.8. The summed E-state index contributed by atoms with van der Waals surface area (Å²) in [5.41, 5.74) is 6.05. The molecule has 0 radical (unpaired) electrons. The van der Waals surface area contributed by atoms with Crippen LogP contribution in [-0.4, -0.2) is 31.6 Å². The van der Waals surface area contributed by atoms with E-state index < -0.39 is 11.6 Å². The largest absolute Gasteiger partial charge is 0.368 e. The number of benzene rings is 3. The van der Waals surface area contributed by atoms with Crippen LogP contribution in [0, 0.1) is 0 Å². The zero-order chi connectivity index (χ0) is 20.4. The Bertz CT molecular complexity index is 1270. The highest BCUT2D eigenvalue weighted by Crippen LogP contribution is 2.20. The molecule has 0 aliphatic carbocycles. The number of nitrogens with one attached hydrogen (secondary N) is 1. The first kappa shape index (κ1) is 18.1. The van der Waals surface area contributed by atoms with Gasteiger partial charge in [-0.05, 0) is 51.5 Å². The summed E-state index contributed by atoms with van der Waals surface area (Å²) in [5, 5.41) is 12.0. The number of anilines is 1. The maximum atomic E-state index is 12.7. The molecule has 2 amide bonds. The van der Waals surface area contributed by atoms with Gasteiger partial charge in [-0.2, -0.15) is 9.36 Å². The molecule has 9 nitrogen and oxygen atoms in total. The fourth-order valence-electron chi connectivity index (χ4n) is 2.99. The van der Waals surface area contributed by atoms with Gasteiger partial charge in [0.1, 0.15) is 6.54 Å². The van der Waals surface area contributed by atoms with Crippen LogP contribution in [0.4, 0.5) is 5.69 Å². The third kappa shape index (κ3) is 3.61. The third-order valence-corrected chi connectivity index (χ3v) is 4.35. The molecule has 4 rings (SSSR count). The van der Waals surface area contributed by atoms with Crippen LogP contribution in [0.3, 0.4) is 0 Å². The number of rotatable bonds is 5. The summed E-state index contributed by atoms with van der Waals surface area (Å²) >= 11 is 0. The molecular weight excluding hydrogens is 372 g/mol. The van der Waals surface area contributed by atoms with Crippen molar-refractivity contribution in [3.05, 3.63) is 82.8 Å². The first-order valence-electron chi connectivity index (χ1n) is 8.73. The van der Waals surface area contributed by atoms with Crippen molar-refractivity contribution in [2.75, 3.05) is 5.32 Å². The number of carbonyl (C=O) groups excluding carboxylic acids is 2. The van der Waals surface area contributed by atoms with Crippen LogP contribution < -0.4 is 16.7 Å². The van der Waals surface area contributed by atoms with Gasteiger partial charge in [0.25, 0.3) is 5.91 Å². The Morgan fingerprint density at radius 3 is 2.41 bits per heavy atom. The van der Waals surface area contributed by atoms with Gasteiger partial charge in [0, 0.05) is 11.3 Å². The van der Waals surface area contributed by atoms with Gasteiger partial charge in [-0.25, -0.2) is 4.79 Å². The van der Waals surface area contributed by atoms with Gasteiger partial charge in [-0.1, -0.05) is 36.4 Å². The summed E-state index contributed by atoms with van der Waals surface area (Å²) in [6, 6.07) is 19.7. The van der Waals surface area contributed by atoms with Crippen molar-refractivity contribution in [1.29, 1.82) is 0 Å². The number of hydrogen-bond acceptors (Lipinski definition) is 5. The molecule has 3 N–H and O–H groups in total. The van der Waals surface area contributed by atoms with Crippen molar-refractivity contribution >= 4 is 28.3 Å². The Balaban J connectivity index is 1.56. The van der Waals surface area contributed by atoms with Crippen LogP contribution in [0.5, 0.6) is 0 Å². The van der Waals surface area contributed by atoms with Gasteiger partial charge in [-0.3, -0.25) is 9.59 Å². The monoisotopic (exact) mass is 388 g/mol. The van der Waals surface area contributed by atoms with Gasteiger partial charge < -0.3 is 11.1 Å². The van der Waals surface area contributed by atoms with Gasteiger partial charge in [0.2, 0.25) is 5.91 Å². The average Bonchev–Trinajstić information content (AvgIpc) is 3.08. The minimum atomic E-state index is -0.689. The molecule has 0 saturated carbocycles. The van der Waals surface area contributed by atoms with Crippen LogP contribution >= 0.6 is 0 Å². The van der Waals surface area contributed by atoms with E-state index in [9.17, 15) is 14.4 Å². The summed E-state index contributed by atoms with van der Waals surface area (Å²) in [4.78, 5) is 35.9. The van der Waals surface area contributed by atoms with Crippen LogP contribution in [-0.2, 0) is 11.3 Å². The minimum absolute atomic E-state index is 0.237. The fourth-order valence-corrected chi connectivity index (χ4v) is 2.99. The first-order chi connectivity index (χ1) is 14.0. The minimum Gasteiger partial charge on any atom is -0.368 e. The number of nitrogens with zero attached hydrogens (tertiary/aromatic N) is 4. The van der Waals surface area contributed by atoms with Gasteiger partial charge >= 0.3 is 5.69 Å². The Kier molecular flexibility index (Phi) is 4.62. The van der Waals surface area contributed by atoms with Crippen molar-refractivity contribution in [3.8, 4) is 5.69 Å². The first-order valence-corrected chi connectivity index (χ1v) is 8.73. The van der Waals surface area contributed by atoms with E-state index in [1.165, 1.54) is 0 Å². The molecule has 3 aromatic carbocycles. The molecule has 0 saturated heterocycles. The number of primary amides is 1. The molecular formula is C20H16N6O3. The number of aromatic nitrogens is 4. The van der Waals surface area contributed by atoms with Crippen LogP contribution in [0.1, 0.15) is 10.4 Å². The lowest BCUT2D eigenvalue weighted by atomic mass is 10.0. The third-order valence-electron chi connectivity index (χ3n) is 4.35. The van der Waals surface area contributed by atoms with Crippen molar-refractivity contribution in [1.82, 2.24) is 19.8 Å². The van der Waals surface area contributed by atoms with E-state index >= 15 is 0 Å². The maximum Gasteiger partial charge on any atom is 0.368 e. The van der Waals surface area contributed by atoms with Crippen LogP contribution in [0.2, 0.25) is 0 Å². The van der Waals surface area contributed by atoms with Crippen LogP contribution in [0.15, 0.2) is 71.5 Å². The summed E-state index contributed by atoms with van der Waals surface area (Å²) in [6.45, 7) is -0.349.